The maximum atomic E-state index is 12.8. The summed E-state index contributed by atoms with van der Waals surface area (Å²) in [5.74, 6) is 0.306. The van der Waals surface area contributed by atoms with Crippen molar-refractivity contribution in [1.82, 2.24) is 4.90 Å². The van der Waals surface area contributed by atoms with Gasteiger partial charge in [0.1, 0.15) is 12.4 Å². The van der Waals surface area contributed by atoms with Gasteiger partial charge in [0.05, 0.1) is 20.1 Å². The molecule has 1 aliphatic heterocycles. The van der Waals surface area contributed by atoms with Crippen LogP contribution in [0, 0.1) is 18.5 Å². The van der Waals surface area contributed by atoms with Crippen molar-refractivity contribution in [3.8, 4) is 11.8 Å². The minimum atomic E-state index is -0.305. The number of carbonyl (C=O) groups is 2. The van der Waals surface area contributed by atoms with Crippen LogP contribution >= 0.6 is 56.9 Å². The van der Waals surface area contributed by atoms with Crippen LogP contribution in [0.5, 0.6) is 5.75 Å². The lowest BCUT2D eigenvalue weighted by Gasteiger charge is -2.14. The minimum Gasteiger partial charge on any atom is -0.487 e. The van der Waals surface area contributed by atoms with Crippen LogP contribution in [0.2, 0.25) is 0 Å². The van der Waals surface area contributed by atoms with Gasteiger partial charge in [-0.1, -0.05) is 18.2 Å². The Balaban J connectivity index is 1.87. The van der Waals surface area contributed by atoms with E-state index >= 15 is 0 Å². The van der Waals surface area contributed by atoms with Crippen molar-refractivity contribution in [3.05, 3.63) is 65.1 Å². The quantitative estimate of drug-likeness (QED) is 0.214. The Labute approximate surface area is 212 Å². The van der Waals surface area contributed by atoms with Gasteiger partial charge in [-0.25, -0.2) is 0 Å². The Hall–Kier alpha value is -1.62. The number of nitrogens with zero attached hydrogens (tertiary/aromatic N) is 2. The third-order valence-electron chi connectivity index (χ3n) is 4.44. The van der Waals surface area contributed by atoms with Gasteiger partial charge in [0.2, 0.25) is 0 Å². The van der Waals surface area contributed by atoms with E-state index in [9.17, 15) is 14.9 Å². The number of imide groups is 1. The van der Waals surface area contributed by atoms with Crippen LogP contribution in [0.4, 0.5) is 4.79 Å². The second-order valence-electron chi connectivity index (χ2n) is 6.54. The number of hydrogen-bond donors (Lipinski definition) is 0. The van der Waals surface area contributed by atoms with E-state index in [1.54, 1.807) is 19.3 Å². The molecule has 0 atom stereocenters. The third-order valence-corrected chi connectivity index (χ3v) is 6.77. The topological polar surface area (TPSA) is 79.6 Å². The van der Waals surface area contributed by atoms with E-state index in [2.05, 4.69) is 51.3 Å². The number of hydrogen-bond acceptors (Lipinski definition) is 6. The maximum Gasteiger partial charge on any atom is 0.293 e. The van der Waals surface area contributed by atoms with Gasteiger partial charge in [-0.15, -0.1) is 0 Å². The predicted octanol–water partition coefficient (Wildman–Crippen LogP) is 5.42. The molecule has 1 fully saturated rings. The van der Waals surface area contributed by atoms with Crippen LogP contribution in [0.1, 0.15) is 23.1 Å². The summed E-state index contributed by atoms with van der Waals surface area (Å²) in [6.45, 7) is 1.03. The molecule has 0 N–H and O–H groups in total. The molecule has 2 aromatic carbocycles. The molecule has 0 aliphatic carbocycles. The first kappa shape index (κ1) is 24.0. The average Bonchev–Trinajstić information content (AvgIpc) is 3.00. The highest BCUT2D eigenvalue weighted by Crippen LogP contribution is 2.36. The summed E-state index contributed by atoms with van der Waals surface area (Å²) in [5.41, 5.74) is 2.05. The van der Waals surface area contributed by atoms with Gasteiger partial charge < -0.3 is 9.47 Å². The Bertz CT molecular complexity index is 1080. The summed E-state index contributed by atoms with van der Waals surface area (Å²) in [6, 6.07) is 13.3. The van der Waals surface area contributed by atoms with Crippen LogP contribution in [-0.4, -0.2) is 36.3 Å². The lowest BCUT2D eigenvalue weighted by molar-refractivity contribution is -0.122. The fourth-order valence-corrected chi connectivity index (χ4v) is 5.85. The number of carbonyl (C=O) groups excluding carboxylic acids is 2. The standard InChI is InChI=1S/C22H18I2N2O4S/c1-29-8-4-7-26-21(27)19(31-22(26)28)10-16-9-17(23)11-18(24)20(16)30-13-15-6-3-2-5-14(15)12-25/h2-3,5-6,9-11H,4,7-8,13H2,1H3/b19-10+. The van der Waals surface area contributed by atoms with Gasteiger partial charge in [-0.2, -0.15) is 5.26 Å². The molecule has 0 aromatic heterocycles. The molecule has 2 aromatic rings. The van der Waals surface area contributed by atoms with Gasteiger partial charge in [0.15, 0.2) is 0 Å². The first-order chi connectivity index (χ1) is 14.9. The number of halogens is 2. The number of rotatable bonds is 8. The van der Waals surface area contributed by atoms with Crippen molar-refractivity contribution in [1.29, 1.82) is 5.26 Å². The molecular formula is C22H18I2N2O4S. The smallest absolute Gasteiger partial charge is 0.293 e. The summed E-state index contributed by atoms with van der Waals surface area (Å²) in [4.78, 5) is 26.7. The van der Waals surface area contributed by atoms with Crippen LogP contribution in [0.25, 0.3) is 6.08 Å². The molecular weight excluding hydrogens is 642 g/mol. The number of ether oxygens (including phenoxy) is 2. The zero-order valence-corrected chi connectivity index (χ0v) is 21.7. The van der Waals surface area contributed by atoms with Crippen LogP contribution in [-0.2, 0) is 16.1 Å². The molecule has 0 saturated carbocycles. The van der Waals surface area contributed by atoms with E-state index in [-0.39, 0.29) is 17.8 Å². The highest BCUT2D eigenvalue weighted by atomic mass is 127. The number of methoxy groups -OCH3 is 1. The number of thioether (sulfide) groups is 1. The maximum absolute atomic E-state index is 12.8. The van der Waals surface area contributed by atoms with Crippen LogP contribution < -0.4 is 4.74 Å². The molecule has 0 unspecified atom stereocenters. The Kier molecular flexibility index (Phi) is 8.76. The van der Waals surface area contributed by atoms with Crippen molar-refractivity contribution >= 4 is 74.2 Å². The fourth-order valence-electron chi connectivity index (χ4n) is 2.95. The van der Waals surface area contributed by atoms with E-state index < -0.39 is 0 Å². The molecule has 0 spiro atoms. The summed E-state index contributed by atoms with van der Waals surface area (Å²) >= 11 is 5.32. The van der Waals surface area contributed by atoms with Crippen molar-refractivity contribution in [2.24, 2.45) is 0 Å². The molecule has 9 heteroatoms. The van der Waals surface area contributed by atoms with Gasteiger partial charge in [0.25, 0.3) is 11.1 Å². The van der Waals surface area contributed by atoms with E-state index in [1.165, 1.54) is 4.90 Å². The molecule has 6 nitrogen and oxygen atoms in total. The average molecular weight is 660 g/mol. The van der Waals surface area contributed by atoms with Gasteiger partial charge >= 0.3 is 0 Å². The lowest BCUT2D eigenvalue weighted by Crippen LogP contribution is -2.29. The van der Waals surface area contributed by atoms with Crippen LogP contribution in [0.15, 0.2) is 41.3 Å². The zero-order valence-electron chi connectivity index (χ0n) is 16.6. The van der Waals surface area contributed by atoms with Crippen molar-refractivity contribution in [2.45, 2.75) is 13.0 Å². The SMILES string of the molecule is COCCCN1C(=O)S/C(=C/c2cc(I)cc(I)c2OCc2ccccc2C#N)C1=O. The summed E-state index contributed by atoms with van der Waals surface area (Å²) in [6.07, 6.45) is 2.30. The Morgan fingerprint density at radius 1 is 1.23 bits per heavy atom. The molecule has 31 heavy (non-hydrogen) atoms. The van der Waals surface area contributed by atoms with Crippen molar-refractivity contribution < 1.29 is 19.1 Å². The van der Waals surface area contributed by atoms with E-state index in [0.29, 0.717) is 41.4 Å². The van der Waals surface area contributed by atoms with E-state index in [4.69, 9.17) is 9.47 Å². The second-order valence-corrected chi connectivity index (χ2v) is 9.94. The minimum absolute atomic E-state index is 0.222. The fraction of sp³-hybridized carbons (Fsp3) is 0.227. The summed E-state index contributed by atoms with van der Waals surface area (Å²) in [7, 11) is 1.59. The van der Waals surface area contributed by atoms with Crippen molar-refractivity contribution in [2.75, 3.05) is 20.3 Å². The lowest BCUT2D eigenvalue weighted by atomic mass is 10.1. The van der Waals surface area contributed by atoms with E-state index in [0.717, 1.165) is 24.5 Å². The first-order valence-corrected chi connectivity index (χ1v) is 12.3. The molecule has 3 rings (SSSR count). The van der Waals surface area contributed by atoms with Crippen molar-refractivity contribution in [3.63, 3.8) is 0 Å². The van der Waals surface area contributed by atoms with Gasteiger partial charge in [-0.05, 0) is 87.6 Å². The summed E-state index contributed by atoms with van der Waals surface area (Å²) in [5, 5.41) is 9.03. The van der Waals surface area contributed by atoms with Gasteiger partial charge in [-0.3, -0.25) is 14.5 Å². The van der Waals surface area contributed by atoms with Gasteiger partial charge in [0, 0.05) is 35.0 Å². The highest BCUT2D eigenvalue weighted by Gasteiger charge is 2.34. The van der Waals surface area contributed by atoms with E-state index in [1.807, 2.05) is 30.3 Å². The highest BCUT2D eigenvalue weighted by molar-refractivity contribution is 14.1. The third kappa shape index (κ3) is 6.00. The second kappa shape index (κ2) is 11.3. The molecule has 1 saturated heterocycles. The van der Waals surface area contributed by atoms with Crippen LogP contribution in [0.3, 0.4) is 0 Å². The number of benzene rings is 2. The predicted molar refractivity (Wildman–Crippen MR) is 137 cm³/mol. The Morgan fingerprint density at radius 3 is 2.74 bits per heavy atom. The molecule has 0 bridgehead atoms. The monoisotopic (exact) mass is 660 g/mol. The Morgan fingerprint density at radius 2 is 2.00 bits per heavy atom. The largest absolute Gasteiger partial charge is 0.487 e. The number of amides is 2. The molecule has 1 aliphatic rings. The molecule has 0 radical (unpaired) electrons. The molecule has 2 amide bonds. The molecule has 1 heterocycles. The number of nitriles is 1. The molecule has 160 valence electrons. The normalized spacial score (nSPS) is 14.9. The zero-order chi connectivity index (χ0) is 22.4. The first-order valence-electron chi connectivity index (χ1n) is 9.28. The summed E-state index contributed by atoms with van der Waals surface area (Å²) < 4.78 is 13.0.